The first-order chi connectivity index (χ1) is 10.2. The molecule has 1 atom stereocenters. The number of nitrogens with one attached hydrogen (secondary N) is 2. The molecule has 6 heteroatoms. The van der Waals surface area contributed by atoms with Gasteiger partial charge in [0, 0.05) is 18.1 Å². The average molecular weight is 304 g/mol. The Morgan fingerprint density at radius 1 is 1.38 bits per heavy atom. The van der Waals surface area contributed by atoms with Gasteiger partial charge in [-0.05, 0) is 23.3 Å². The lowest BCUT2D eigenvalue weighted by Crippen LogP contribution is -2.29. The van der Waals surface area contributed by atoms with Crippen LogP contribution in [0.4, 0.5) is 5.82 Å². The van der Waals surface area contributed by atoms with Crippen molar-refractivity contribution in [2.75, 3.05) is 24.0 Å². The van der Waals surface area contributed by atoms with Gasteiger partial charge in [-0.1, -0.05) is 31.2 Å². The molecule has 1 heterocycles. The number of fused-ring (bicyclic) bond motifs is 1. The van der Waals surface area contributed by atoms with Gasteiger partial charge in [-0.3, -0.25) is 4.79 Å². The van der Waals surface area contributed by atoms with Crippen LogP contribution >= 0.6 is 11.8 Å². The highest BCUT2D eigenvalue weighted by Gasteiger charge is 2.13. The van der Waals surface area contributed by atoms with E-state index in [1.165, 1.54) is 0 Å². The summed E-state index contributed by atoms with van der Waals surface area (Å²) in [4.78, 5) is 16.6. The van der Waals surface area contributed by atoms with Crippen LogP contribution in [-0.2, 0) is 0 Å². The quantitative estimate of drug-likeness (QED) is 0.563. The van der Waals surface area contributed by atoms with E-state index in [4.69, 9.17) is 5.84 Å². The highest BCUT2D eigenvalue weighted by Crippen LogP contribution is 2.23. The molecule has 0 aliphatic rings. The third-order valence-electron chi connectivity index (χ3n) is 3.24. The molecule has 0 radical (unpaired) electrons. The average Bonchev–Trinajstić information content (AvgIpc) is 2.51. The molecule has 2 rings (SSSR count). The van der Waals surface area contributed by atoms with Crippen molar-refractivity contribution >= 4 is 34.3 Å². The lowest BCUT2D eigenvalue weighted by Gasteiger charge is -2.13. The van der Waals surface area contributed by atoms with Gasteiger partial charge in [0.15, 0.2) is 0 Å². The lowest BCUT2D eigenvalue weighted by molar-refractivity contribution is 0.0950. The fourth-order valence-electron chi connectivity index (χ4n) is 2.19. The molecule has 0 fully saturated rings. The zero-order valence-electron chi connectivity index (χ0n) is 12.2. The van der Waals surface area contributed by atoms with E-state index in [-0.39, 0.29) is 5.91 Å². The first kappa shape index (κ1) is 15.6. The van der Waals surface area contributed by atoms with Crippen molar-refractivity contribution in [2.45, 2.75) is 6.92 Å². The second-order valence-corrected chi connectivity index (χ2v) is 5.89. The van der Waals surface area contributed by atoms with E-state index in [1.54, 1.807) is 18.0 Å². The molecule has 0 aliphatic carbocycles. The van der Waals surface area contributed by atoms with Gasteiger partial charge in [-0.25, -0.2) is 10.8 Å². The number of nitrogens with two attached hydrogens (primary N) is 1. The summed E-state index contributed by atoms with van der Waals surface area (Å²) >= 11 is 1.78. The van der Waals surface area contributed by atoms with Crippen molar-refractivity contribution in [3.8, 4) is 0 Å². The number of nitrogen functional groups attached to an aromatic ring is 1. The van der Waals surface area contributed by atoms with Gasteiger partial charge in [-0.2, -0.15) is 11.8 Å². The summed E-state index contributed by atoms with van der Waals surface area (Å²) in [7, 11) is 0. The molecule has 2 aromatic rings. The van der Waals surface area contributed by atoms with Crippen LogP contribution in [0.5, 0.6) is 0 Å². The summed E-state index contributed by atoms with van der Waals surface area (Å²) in [6.45, 7) is 2.78. The first-order valence-corrected chi connectivity index (χ1v) is 8.18. The Morgan fingerprint density at radius 3 is 2.76 bits per heavy atom. The zero-order chi connectivity index (χ0) is 15.2. The largest absolute Gasteiger partial charge is 0.352 e. The number of hydrogen-bond acceptors (Lipinski definition) is 5. The Labute approximate surface area is 128 Å². The second-order valence-electron chi connectivity index (χ2n) is 4.98. The minimum atomic E-state index is -0.102. The number of carbonyl (C=O) groups excluding carboxylic acids is 1. The molecule has 1 aromatic carbocycles. The van der Waals surface area contributed by atoms with Gasteiger partial charge in [0.1, 0.15) is 5.82 Å². The Bertz CT molecular complexity index is 632. The van der Waals surface area contributed by atoms with Crippen molar-refractivity contribution in [3.05, 3.63) is 36.0 Å². The van der Waals surface area contributed by atoms with Gasteiger partial charge in [0.05, 0.1) is 5.56 Å². The number of anilines is 1. The normalized spacial score (nSPS) is 12.1. The number of hydrazine groups is 1. The minimum absolute atomic E-state index is 0.102. The summed E-state index contributed by atoms with van der Waals surface area (Å²) in [6.07, 6.45) is 3.63. The fraction of sp³-hybridized carbons (Fsp3) is 0.333. The first-order valence-electron chi connectivity index (χ1n) is 6.78. The Hall–Kier alpha value is -1.79. The van der Waals surface area contributed by atoms with Crippen LogP contribution in [0.25, 0.3) is 10.8 Å². The van der Waals surface area contributed by atoms with Crippen LogP contribution in [0, 0.1) is 5.92 Å². The predicted octanol–water partition coefficient (Wildman–Crippen LogP) is 2.25. The van der Waals surface area contributed by atoms with E-state index in [9.17, 15) is 4.79 Å². The van der Waals surface area contributed by atoms with Crippen LogP contribution in [0.3, 0.4) is 0 Å². The molecule has 5 nitrogen and oxygen atoms in total. The third-order valence-corrected chi connectivity index (χ3v) is 4.14. The molecule has 0 bridgehead atoms. The van der Waals surface area contributed by atoms with E-state index < -0.39 is 0 Å². The van der Waals surface area contributed by atoms with E-state index >= 15 is 0 Å². The van der Waals surface area contributed by atoms with Gasteiger partial charge < -0.3 is 10.7 Å². The molecule has 0 saturated heterocycles. The van der Waals surface area contributed by atoms with Crippen LogP contribution in [-0.4, -0.2) is 29.4 Å². The second kappa shape index (κ2) is 7.28. The summed E-state index contributed by atoms with van der Waals surface area (Å²) in [6, 6.07) is 7.59. The van der Waals surface area contributed by atoms with Crippen molar-refractivity contribution in [1.82, 2.24) is 10.3 Å². The zero-order valence-corrected chi connectivity index (χ0v) is 13.0. The molecule has 1 amide bonds. The van der Waals surface area contributed by atoms with E-state index in [0.717, 1.165) is 16.5 Å². The van der Waals surface area contributed by atoms with E-state index in [0.29, 0.717) is 23.8 Å². The Kier molecular flexibility index (Phi) is 5.41. The molecular weight excluding hydrogens is 284 g/mol. The Balaban J connectivity index is 2.24. The highest BCUT2D eigenvalue weighted by molar-refractivity contribution is 7.98. The van der Waals surface area contributed by atoms with Crippen LogP contribution < -0.4 is 16.6 Å². The highest BCUT2D eigenvalue weighted by atomic mass is 32.2. The smallest absolute Gasteiger partial charge is 0.253 e. The third kappa shape index (κ3) is 3.65. The molecule has 0 spiro atoms. The number of aromatic nitrogens is 1. The number of thioether (sulfide) groups is 1. The molecule has 1 aromatic heterocycles. The van der Waals surface area contributed by atoms with Crippen molar-refractivity contribution in [2.24, 2.45) is 11.8 Å². The number of hydrogen-bond donors (Lipinski definition) is 3. The molecule has 0 aliphatic heterocycles. The maximum atomic E-state index is 12.4. The molecule has 112 valence electrons. The number of carbonyl (C=O) groups is 1. The molecule has 1 unspecified atom stereocenters. The maximum absolute atomic E-state index is 12.4. The van der Waals surface area contributed by atoms with Crippen molar-refractivity contribution in [1.29, 1.82) is 0 Å². The number of nitrogens with zero attached hydrogens (tertiary/aromatic N) is 1. The molecule has 0 saturated carbocycles. The summed E-state index contributed by atoms with van der Waals surface area (Å²) in [5, 5.41) is 4.65. The number of pyridine rings is 1. The fourth-order valence-corrected chi connectivity index (χ4v) is 2.88. The van der Waals surface area contributed by atoms with Crippen LogP contribution in [0.1, 0.15) is 17.3 Å². The summed E-state index contributed by atoms with van der Waals surface area (Å²) in [5.74, 6) is 7.39. The summed E-state index contributed by atoms with van der Waals surface area (Å²) < 4.78 is 0. The van der Waals surface area contributed by atoms with Gasteiger partial charge in [0.25, 0.3) is 5.91 Å². The monoisotopic (exact) mass is 304 g/mol. The molecule has 21 heavy (non-hydrogen) atoms. The predicted molar refractivity (Wildman–Crippen MR) is 89.4 cm³/mol. The topological polar surface area (TPSA) is 80.0 Å². The molecule has 4 N–H and O–H groups in total. The van der Waals surface area contributed by atoms with Crippen molar-refractivity contribution in [3.63, 3.8) is 0 Å². The van der Waals surface area contributed by atoms with Gasteiger partial charge in [-0.15, -0.1) is 0 Å². The van der Waals surface area contributed by atoms with Crippen LogP contribution in [0.2, 0.25) is 0 Å². The minimum Gasteiger partial charge on any atom is -0.352 e. The van der Waals surface area contributed by atoms with Gasteiger partial charge in [0.2, 0.25) is 0 Å². The summed E-state index contributed by atoms with van der Waals surface area (Å²) in [5.41, 5.74) is 3.13. The number of rotatable bonds is 6. The lowest BCUT2D eigenvalue weighted by atomic mass is 10.1. The van der Waals surface area contributed by atoms with Crippen molar-refractivity contribution < 1.29 is 4.79 Å². The number of benzene rings is 1. The van der Waals surface area contributed by atoms with Gasteiger partial charge >= 0.3 is 0 Å². The van der Waals surface area contributed by atoms with E-state index in [2.05, 4.69) is 28.9 Å². The standard InChI is InChI=1S/C15H20N4OS/c1-10(9-21-2)7-18-15(20)13-8-17-14(19-16)12-6-4-3-5-11(12)13/h3-6,8,10H,7,9,16H2,1-2H3,(H,17,19)(H,18,20). The SMILES string of the molecule is CSCC(C)CNC(=O)c1cnc(NN)c2ccccc12. The van der Waals surface area contributed by atoms with Crippen LogP contribution in [0.15, 0.2) is 30.5 Å². The molecular formula is C15H20N4OS. The Morgan fingerprint density at radius 2 is 2.10 bits per heavy atom. The van der Waals surface area contributed by atoms with E-state index in [1.807, 2.05) is 24.3 Å². The maximum Gasteiger partial charge on any atom is 0.253 e. The number of amides is 1.